The number of fused-ring (bicyclic) bond motifs is 2. The van der Waals surface area contributed by atoms with Gasteiger partial charge in [-0.3, -0.25) is 9.69 Å². The molecule has 2 aromatic carbocycles. The van der Waals surface area contributed by atoms with E-state index in [1.165, 1.54) is 19.8 Å². The number of rotatable bonds is 10. The molecule has 3 aliphatic heterocycles. The van der Waals surface area contributed by atoms with Crippen LogP contribution in [0.15, 0.2) is 42.5 Å². The molecule has 0 spiro atoms. The van der Waals surface area contributed by atoms with E-state index < -0.39 is 0 Å². The maximum absolute atomic E-state index is 13.1. The molecule has 11 nitrogen and oxygen atoms in total. The van der Waals surface area contributed by atoms with Crippen LogP contribution < -0.4 is 9.64 Å². The quantitative estimate of drug-likeness (QED) is 0.218. The number of aromatic hydroxyl groups is 1. The third kappa shape index (κ3) is 9.28. The van der Waals surface area contributed by atoms with Crippen molar-refractivity contribution in [2.24, 2.45) is 11.3 Å². The van der Waals surface area contributed by atoms with Gasteiger partial charge in [0, 0.05) is 80.6 Å². The van der Waals surface area contributed by atoms with Crippen LogP contribution in [-0.2, 0) is 22.6 Å². The van der Waals surface area contributed by atoms with E-state index in [2.05, 4.69) is 41.6 Å². The number of carbonyl (C=O) groups excluding carboxylic acids is 1. The van der Waals surface area contributed by atoms with Crippen LogP contribution in [0, 0.1) is 35.0 Å². The molecule has 2 saturated heterocycles. The molecule has 7 rings (SSSR count). The summed E-state index contributed by atoms with van der Waals surface area (Å²) in [6.45, 7) is 11.2. The second-order valence-electron chi connectivity index (χ2n) is 15.3. The Labute approximate surface area is 314 Å². The van der Waals surface area contributed by atoms with Gasteiger partial charge in [-0.05, 0) is 87.9 Å². The molecule has 4 aliphatic rings. The zero-order valence-electron chi connectivity index (χ0n) is 31.7. The standard InChI is InChI=1S/C40H50N6O4.C2H3N/c1-5-29-8-6-9-30-22-31(47)23-32(37(29)30)35-24-34-33(25-49-35)38(42-39(41-34)50-27-40(13-14-40)26-43(3)4)46-20-18-45(19-21-46)36(48)10-7-15-44-16-11-28(2)12-17-44;1-2-3/h1,6-10,22-23,28,35,47H,11-21,24-27H2,2-4H3;1H3/b10-7+;. The number of likely N-dealkylation sites (tertiary alicyclic amines) is 1. The number of amides is 1. The zero-order chi connectivity index (χ0) is 37.5. The maximum Gasteiger partial charge on any atom is 0.318 e. The highest BCUT2D eigenvalue weighted by atomic mass is 16.5. The summed E-state index contributed by atoms with van der Waals surface area (Å²) in [7, 11) is 4.19. The lowest BCUT2D eigenvalue weighted by molar-refractivity contribution is -0.126. The van der Waals surface area contributed by atoms with Gasteiger partial charge in [0.2, 0.25) is 5.91 Å². The number of ether oxygens (including phenoxy) is 2. The van der Waals surface area contributed by atoms with Crippen LogP contribution in [0.2, 0.25) is 0 Å². The first-order valence-corrected chi connectivity index (χ1v) is 18.9. The number of terminal acetylenes is 1. The summed E-state index contributed by atoms with van der Waals surface area (Å²) in [5.74, 6) is 4.65. The van der Waals surface area contributed by atoms with E-state index in [9.17, 15) is 9.90 Å². The van der Waals surface area contributed by atoms with Crippen LogP contribution in [-0.4, -0.2) is 109 Å². The van der Waals surface area contributed by atoms with Crippen LogP contribution in [0.3, 0.4) is 0 Å². The van der Waals surface area contributed by atoms with Crippen LogP contribution in [0.5, 0.6) is 11.8 Å². The second-order valence-corrected chi connectivity index (χ2v) is 15.3. The number of piperazine rings is 1. The minimum absolute atomic E-state index is 0.0650. The van der Waals surface area contributed by atoms with Crippen LogP contribution in [0.4, 0.5) is 5.82 Å². The number of piperidine rings is 1. The zero-order valence-corrected chi connectivity index (χ0v) is 31.7. The smallest absolute Gasteiger partial charge is 0.318 e. The van der Waals surface area contributed by atoms with Gasteiger partial charge < -0.3 is 29.3 Å². The number of benzene rings is 2. The summed E-state index contributed by atoms with van der Waals surface area (Å²) in [5.41, 5.74) is 3.56. The number of carbonyl (C=O) groups is 1. The highest BCUT2D eigenvalue weighted by Gasteiger charge is 2.44. The Morgan fingerprint density at radius 2 is 1.89 bits per heavy atom. The first kappa shape index (κ1) is 38.1. The Morgan fingerprint density at radius 3 is 2.57 bits per heavy atom. The molecule has 1 aromatic heterocycles. The predicted octanol–water partition coefficient (Wildman–Crippen LogP) is 5.32. The van der Waals surface area contributed by atoms with Gasteiger partial charge in [-0.2, -0.15) is 15.2 Å². The summed E-state index contributed by atoms with van der Waals surface area (Å²) in [4.78, 5) is 31.9. The summed E-state index contributed by atoms with van der Waals surface area (Å²) in [5, 5.41) is 19.8. The van der Waals surface area contributed by atoms with Crippen molar-refractivity contribution in [3.05, 3.63) is 64.9 Å². The van der Waals surface area contributed by atoms with E-state index in [1.54, 1.807) is 24.3 Å². The average molecular weight is 720 g/mol. The molecule has 0 bridgehead atoms. The molecular weight excluding hydrogens is 667 g/mol. The lowest BCUT2D eigenvalue weighted by Gasteiger charge is -2.37. The van der Waals surface area contributed by atoms with Gasteiger partial charge in [0.1, 0.15) is 11.6 Å². The number of aromatic nitrogens is 2. The van der Waals surface area contributed by atoms with Crippen molar-refractivity contribution in [2.75, 3.05) is 78.0 Å². The van der Waals surface area contributed by atoms with Gasteiger partial charge in [0.05, 0.1) is 31.1 Å². The van der Waals surface area contributed by atoms with Crippen LogP contribution >= 0.6 is 0 Å². The normalized spacial score (nSPS) is 20.0. The van der Waals surface area contributed by atoms with Gasteiger partial charge in [-0.1, -0.05) is 31.1 Å². The fourth-order valence-corrected chi connectivity index (χ4v) is 7.78. The topological polar surface area (TPSA) is 118 Å². The number of phenols is 1. The van der Waals surface area contributed by atoms with Crippen LogP contribution in [0.25, 0.3) is 10.8 Å². The van der Waals surface area contributed by atoms with Gasteiger partial charge in [0.15, 0.2) is 0 Å². The lowest BCUT2D eigenvalue weighted by atomic mass is 9.92. The number of phenolic OH excluding ortho intramolecular Hbond substituents is 1. The first-order valence-electron chi connectivity index (χ1n) is 18.9. The Bertz CT molecular complexity index is 1880. The maximum atomic E-state index is 13.1. The fourth-order valence-electron chi connectivity index (χ4n) is 7.78. The Morgan fingerprint density at radius 1 is 1.15 bits per heavy atom. The third-order valence-electron chi connectivity index (χ3n) is 10.9. The van der Waals surface area contributed by atoms with Crippen molar-refractivity contribution >= 4 is 22.5 Å². The van der Waals surface area contributed by atoms with Gasteiger partial charge in [0.25, 0.3) is 0 Å². The second kappa shape index (κ2) is 17.0. The summed E-state index contributed by atoms with van der Waals surface area (Å²) < 4.78 is 12.9. The minimum atomic E-state index is -0.361. The van der Waals surface area contributed by atoms with Crippen molar-refractivity contribution in [3.8, 4) is 30.2 Å². The number of hydrogen-bond acceptors (Lipinski definition) is 10. The molecule has 1 aliphatic carbocycles. The van der Waals surface area contributed by atoms with E-state index in [0.717, 1.165) is 83.9 Å². The fraction of sp³-hybridized carbons (Fsp3) is 0.524. The molecule has 1 saturated carbocycles. The number of anilines is 1. The molecule has 1 N–H and O–H groups in total. The lowest BCUT2D eigenvalue weighted by Crippen LogP contribution is -2.49. The summed E-state index contributed by atoms with van der Waals surface area (Å²) in [6.07, 6.45) is 14.5. The van der Waals surface area contributed by atoms with E-state index in [1.807, 2.05) is 29.2 Å². The molecule has 3 fully saturated rings. The SMILES string of the molecule is C#Cc1cccc2cc(O)cc(C3Cc4nc(OCC5(CN(C)C)CC5)nc(N5CCN(C(=O)/C=C/CN6CCC(C)CC6)CC5)c4CO3)c12.CC#N. The highest BCUT2D eigenvalue weighted by molar-refractivity contribution is 5.92. The third-order valence-corrected chi connectivity index (χ3v) is 10.9. The van der Waals surface area contributed by atoms with Crippen molar-refractivity contribution in [3.63, 3.8) is 0 Å². The van der Waals surface area contributed by atoms with E-state index in [-0.39, 0.29) is 23.2 Å². The predicted molar refractivity (Wildman–Crippen MR) is 207 cm³/mol. The van der Waals surface area contributed by atoms with Crippen molar-refractivity contribution in [1.29, 1.82) is 5.26 Å². The molecule has 280 valence electrons. The molecule has 3 aromatic rings. The van der Waals surface area contributed by atoms with E-state index in [4.69, 9.17) is 31.1 Å². The summed E-state index contributed by atoms with van der Waals surface area (Å²) in [6, 6.07) is 11.4. The first-order chi connectivity index (χ1) is 25.6. The van der Waals surface area contributed by atoms with Gasteiger partial charge in [-0.15, -0.1) is 6.42 Å². The largest absolute Gasteiger partial charge is 0.508 e. The molecule has 1 unspecified atom stereocenters. The molecule has 1 amide bonds. The summed E-state index contributed by atoms with van der Waals surface area (Å²) >= 11 is 0. The number of hydrogen-bond donors (Lipinski definition) is 1. The van der Waals surface area contributed by atoms with Crippen molar-refractivity contribution in [2.45, 2.75) is 58.7 Å². The Balaban J connectivity index is 0.00000155. The number of nitrogens with zero attached hydrogens (tertiary/aromatic N) is 7. The molecule has 4 heterocycles. The monoisotopic (exact) mass is 719 g/mol. The molecule has 0 radical (unpaired) electrons. The van der Waals surface area contributed by atoms with Crippen molar-refractivity contribution < 1.29 is 19.4 Å². The van der Waals surface area contributed by atoms with E-state index in [0.29, 0.717) is 51.8 Å². The molecule has 11 heteroatoms. The van der Waals surface area contributed by atoms with Gasteiger partial charge in [-0.25, -0.2) is 0 Å². The van der Waals surface area contributed by atoms with Crippen molar-refractivity contribution in [1.82, 2.24) is 24.7 Å². The molecular formula is C42H53N7O4. The number of nitriles is 1. The highest BCUT2D eigenvalue weighted by Crippen LogP contribution is 2.46. The molecule has 1 atom stereocenters. The van der Waals surface area contributed by atoms with E-state index >= 15 is 0 Å². The molecule has 53 heavy (non-hydrogen) atoms. The average Bonchev–Trinajstić information content (AvgIpc) is 3.92. The van der Waals surface area contributed by atoms with Gasteiger partial charge >= 0.3 is 6.01 Å². The Kier molecular flexibility index (Phi) is 12.2. The van der Waals surface area contributed by atoms with Crippen LogP contribution in [0.1, 0.15) is 68.0 Å². The minimum Gasteiger partial charge on any atom is -0.508 e. The Hall–Kier alpha value is -4.68.